The van der Waals surface area contributed by atoms with Crippen molar-refractivity contribution in [3.63, 3.8) is 0 Å². The molecule has 0 unspecified atom stereocenters. The lowest BCUT2D eigenvalue weighted by Gasteiger charge is -2.14. The van der Waals surface area contributed by atoms with Crippen LogP contribution in [-0.2, 0) is 32.2 Å². The first-order valence-corrected chi connectivity index (χ1v) is 10.8. The third kappa shape index (κ3) is 5.29. The molecule has 5 nitrogen and oxygen atoms in total. The van der Waals surface area contributed by atoms with Gasteiger partial charge < -0.3 is 16.0 Å². The van der Waals surface area contributed by atoms with Crippen LogP contribution in [0.4, 0.5) is 14.9 Å². The molecule has 2 aliphatic rings. The van der Waals surface area contributed by atoms with Crippen molar-refractivity contribution >= 4 is 23.7 Å². The number of fused-ring (bicyclic) bond motifs is 2. The summed E-state index contributed by atoms with van der Waals surface area (Å²) in [6.07, 6.45) is 6.86. The van der Waals surface area contributed by atoms with Gasteiger partial charge in [0, 0.05) is 12.2 Å². The Kier molecular flexibility index (Phi) is 7.16. The second kappa shape index (κ2) is 9.61. The van der Waals surface area contributed by atoms with E-state index in [1.807, 2.05) is 25.1 Å². The fourth-order valence-corrected chi connectivity index (χ4v) is 4.51. The van der Waals surface area contributed by atoms with E-state index in [0.717, 1.165) is 55.4 Å². The van der Waals surface area contributed by atoms with Crippen molar-refractivity contribution in [2.75, 3.05) is 19.4 Å². The number of hydrogen-bond acceptors (Lipinski definition) is 4. The molecule has 156 valence electrons. The fourth-order valence-electron chi connectivity index (χ4n) is 4.19. The highest BCUT2D eigenvalue weighted by atomic mass is 32.2. The number of primary amides is 1. The second-order valence-corrected chi connectivity index (χ2v) is 8.52. The summed E-state index contributed by atoms with van der Waals surface area (Å²) >= 11 is 0.934. The predicted molar refractivity (Wildman–Crippen MR) is 118 cm³/mol. The number of carbonyl (C=O) groups excluding carboxylic acids is 1. The number of nitrogens with one attached hydrogen (secondary N) is 1. The van der Waals surface area contributed by atoms with E-state index in [1.165, 1.54) is 41.2 Å². The normalized spacial score (nSPS) is 14.2. The molecular formula is C22H29FN4OS. The van der Waals surface area contributed by atoms with Crippen molar-refractivity contribution in [3.8, 4) is 0 Å². The number of carbonyl (C=O) groups is 1. The molecule has 0 spiro atoms. The molecule has 0 atom stereocenters. The fraction of sp³-hybridized carbons (Fsp3) is 0.409. The zero-order chi connectivity index (χ0) is 21.0. The molecule has 2 aliphatic carbocycles. The Morgan fingerprint density at radius 1 is 1.10 bits per heavy atom. The SMILES string of the molecule is CN(C)Cc1ccc(SN)c(F)c1.NC(=O)Nc1c2c(cc3c1CCC3)CCC2. The van der Waals surface area contributed by atoms with Gasteiger partial charge in [0.05, 0.1) is 4.90 Å². The Hall–Kier alpha value is -2.09. The molecule has 0 fully saturated rings. The summed E-state index contributed by atoms with van der Waals surface area (Å²) in [5.74, 6) is -0.244. The minimum absolute atomic E-state index is 0.244. The van der Waals surface area contributed by atoms with Gasteiger partial charge in [-0.15, -0.1) is 0 Å². The van der Waals surface area contributed by atoms with Gasteiger partial charge in [-0.3, -0.25) is 5.14 Å². The molecule has 0 aliphatic heterocycles. The van der Waals surface area contributed by atoms with Crippen LogP contribution in [0.1, 0.15) is 40.7 Å². The summed E-state index contributed by atoms with van der Waals surface area (Å²) < 4.78 is 13.2. The molecule has 0 saturated carbocycles. The molecule has 0 radical (unpaired) electrons. The number of rotatable bonds is 4. The monoisotopic (exact) mass is 416 g/mol. The number of urea groups is 1. The van der Waals surface area contributed by atoms with Gasteiger partial charge in [-0.05, 0) is 105 Å². The molecule has 2 aromatic carbocycles. The lowest BCUT2D eigenvalue weighted by atomic mass is 9.99. The van der Waals surface area contributed by atoms with Crippen LogP contribution in [0.5, 0.6) is 0 Å². The van der Waals surface area contributed by atoms with E-state index in [1.54, 1.807) is 6.07 Å². The Labute approximate surface area is 176 Å². The zero-order valence-corrected chi connectivity index (χ0v) is 17.9. The molecule has 0 heterocycles. The second-order valence-electron chi connectivity index (χ2n) is 7.84. The van der Waals surface area contributed by atoms with Crippen molar-refractivity contribution in [2.24, 2.45) is 10.9 Å². The molecule has 5 N–H and O–H groups in total. The maximum Gasteiger partial charge on any atom is 0.316 e. The molecule has 7 heteroatoms. The van der Waals surface area contributed by atoms with Gasteiger partial charge in [0.15, 0.2) is 0 Å². The van der Waals surface area contributed by atoms with Crippen LogP contribution < -0.4 is 16.2 Å². The van der Waals surface area contributed by atoms with Crippen LogP contribution in [0, 0.1) is 5.82 Å². The largest absolute Gasteiger partial charge is 0.351 e. The molecule has 4 rings (SSSR count). The Balaban J connectivity index is 0.000000170. The van der Waals surface area contributed by atoms with Gasteiger partial charge in [-0.2, -0.15) is 0 Å². The van der Waals surface area contributed by atoms with Crippen LogP contribution >= 0.6 is 11.9 Å². The van der Waals surface area contributed by atoms with Crippen LogP contribution in [0.15, 0.2) is 29.2 Å². The molecule has 29 heavy (non-hydrogen) atoms. The average Bonchev–Trinajstić information content (AvgIpc) is 3.30. The number of benzene rings is 2. The van der Waals surface area contributed by atoms with Crippen LogP contribution in [0.3, 0.4) is 0 Å². The predicted octanol–water partition coefficient (Wildman–Crippen LogP) is 4.01. The summed E-state index contributed by atoms with van der Waals surface area (Å²) in [6, 6.07) is 7.03. The lowest BCUT2D eigenvalue weighted by Crippen LogP contribution is -2.21. The smallest absolute Gasteiger partial charge is 0.316 e. The van der Waals surface area contributed by atoms with Gasteiger partial charge in [-0.25, -0.2) is 9.18 Å². The molecule has 2 amide bonds. The number of nitrogens with two attached hydrogens (primary N) is 2. The quantitative estimate of drug-likeness (QED) is 0.658. The van der Waals surface area contributed by atoms with Crippen LogP contribution in [0.25, 0.3) is 0 Å². The highest BCUT2D eigenvalue weighted by Gasteiger charge is 2.24. The number of hydrogen-bond donors (Lipinski definition) is 3. The molecule has 2 aromatic rings. The number of aryl methyl sites for hydroxylation is 2. The molecular weight excluding hydrogens is 387 g/mol. The number of amides is 2. The van der Waals surface area contributed by atoms with Crippen molar-refractivity contribution in [3.05, 3.63) is 57.9 Å². The number of halogens is 1. The minimum atomic E-state index is -0.436. The Morgan fingerprint density at radius 2 is 1.72 bits per heavy atom. The third-order valence-corrected chi connectivity index (χ3v) is 5.93. The first-order valence-electron chi connectivity index (χ1n) is 9.92. The summed E-state index contributed by atoms with van der Waals surface area (Å²) in [5, 5.41) is 8.11. The first-order chi connectivity index (χ1) is 13.9. The van der Waals surface area contributed by atoms with Gasteiger partial charge in [0.1, 0.15) is 5.82 Å². The van der Waals surface area contributed by atoms with Gasteiger partial charge in [0.2, 0.25) is 0 Å². The molecule has 0 saturated heterocycles. The molecule has 0 aromatic heterocycles. The average molecular weight is 417 g/mol. The molecule has 0 bridgehead atoms. The summed E-state index contributed by atoms with van der Waals surface area (Å²) in [5.41, 5.74) is 12.8. The van der Waals surface area contributed by atoms with E-state index >= 15 is 0 Å². The van der Waals surface area contributed by atoms with Crippen molar-refractivity contribution in [2.45, 2.75) is 50.0 Å². The van der Waals surface area contributed by atoms with E-state index in [2.05, 4.69) is 11.4 Å². The maximum absolute atomic E-state index is 13.2. The highest BCUT2D eigenvalue weighted by molar-refractivity contribution is 7.97. The summed E-state index contributed by atoms with van der Waals surface area (Å²) in [4.78, 5) is 13.6. The Bertz CT molecular complexity index is 869. The Morgan fingerprint density at radius 3 is 2.21 bits per heavy atom. The van der Waals surface area contributed by atoms with Gasteiger partial charge in [-0.1, -0.05) is 12.1 Å². The minimum Gasteiger partial charge on any atom is -0.351 e. The van der Waals surface area contributed by atoms with E-state index < -0.39 is 6.03 Å². The van der Waals surface area contributed by atoms with Crippen LogP contribution in [0.2, 0.25) is 0 Å². The highest BCUT2D eigenvalue weighted by Crippen LogP contribution is 2.38. The number of anilines is 1. The first kappa shape index (κ1) is 21.6. The van der Waals surface area contributed by atoms with Gasteiger partial charge in [0.25, 0.3) is 0 Å². The van der Waals surface area contributed by atoms with Crippen molar-refractivity contribution < 1.29 is 9.18 Å². The van der Waals surface area contributed by atoms with E-state index in [-0.39, 0.29) is 5.82 Å². The summed E-state index contributed by atoms with van der Waals surface area (Å²) in [7, 11) is 3.90. The standard InChI is InChI=1S/C13H16N2O.C9H13FN2S/c14-13(16)15-12-10-5-1-3-8(10)7-9-4-2-6-11(9)12;1-12(2)6-7-3-4-9(13-11)8(10)5-7/h7H,1-6H2,(H3,14,15,16);3-5H,6,11H2,1-2H3. The lowest BCUT2D eigenvalue weighted by molar-refractivity contribution is 0.259. The van der Waals surface area contributed by atoms with Crippen molar-refractivity contribution in [1.29, 1.82) is 0 Å². The van der Waals surface area contributed by atoms with E-state index in [4.69, 9.17) is 10.9 Å². The van der Waals surface area contributed by atoms with Crippen molar-refractivity contribution in [1.82, 2.24) is 4.90 Å². The maximum atomic E-state index is 13.2. The van der Waals surface area contributed by atoms with E-state index in [9.17, 15) is 9.18 Å². The zero-order valence-electron chi connectivity index (χ0n) is 17.1. The third-order valence-electron chi connectivity index (χ3n) is 5.34. The summed E-state index contributed by atoms with van der Waals surface area (Å²) in [6.45, 7) is 0.742. The van der Waals surface area contributed by atoms with Crippen LogP contribution in [-0.4, -0.2) is 25.0 Å². The van der Waals surface area contributed by atoms with E-state index in [0.29, 0.717) is 4.90 Å². The number of nitrogens with zero attached hydrogens (tertiary/aromatic N) is 1. The topological polar surface area (TPSA) is 84.4 Å². The van der Waals surface area contributed by atoms with Gasteiger partial charge >= 0.3 is 6.03 Å².